The van der Waals surface area contributed by atoms with Gasteiger partial charge in [0.05, 0.1) is 18.4 Å². The van der Waals surface area contributed by atoms with Gasteiger partial charge in [0, 0.05) is 37.4 Å². The van der Waals surface area contributed by atoms with E-state index in [1.165, 1.54) is 15.8 Å². The first-order valence-corrected chi connectivity index (χ1v) is 11.7. The Balaban J connectivity index is 1.43. The van der Waals surface area contributed by atoms with Crippen LogP contribution in [0.5, 0.6) is 0 Å². The molecule has 1 saturated heterocycles. The van der Waals surface area contributed by atoms with Gasteiger partial charge in [-0.25, -0.2) is 0 Å². The second kappa shape index (κ2) is 9.11. The van der Waals surface area contributed by atoms with Gasteiger partial charge in [-0.15, -0.1) is 0 Å². The quantitative estimate of drug-likeness (QED) is 0.534. The second-order valence-electron chi connectivity index (χ2n) is 8.60. The van der Waals surface area contributed by atoms with Crippen LogP contribution >= 0.6 is 11.6 Å². The maximum atomic E-state index is 12.9. The lowest BCUT2D eigenvalue weighted by Crippen LogP contribution is -2.36. The largest absolute Gasteiger partial charge is 0.364 e. The number of hydrogen-bond donors (Lipinski definition) is 0. The van der Waals surface area contributed by atoms with Gasteiger partial charge in [-0.3, -0.25) is 14.3 Å². The molecule has 4 heterocycles. The van der Waals surface area contributed by atoms with Crippen LogP contribution in [0.3, 0.4) is 0 Å². The Labute approximate surface area is 196 Å². The molecule has 8 nitrogen and oxygen atoms in total. The van der Waals surface area contributed by atoms with E-state index in [2.05, 4.69) is 29.3 Å². The fourth-order valence-electron chi connectivity index (χ4n) is 4.68. The predicted octanol–water partition coefficient (Wildman–Crippen LogP) is 3.52. The number of benzene rings is 1. The molecule has 5 rings (SSSR count). The van der Waals surface area contributed by atoms with Gasteiger partial charge in [0.25, 0.3) is 5.56 Å². The van der Waals surface area contributed by atoms with Gasteiger partial charge < -0.3 is 9.64 Å². The third-order valence-electron chi connectivity index (χ3n) is 6.55. The molecule has 0 saturated carbocycles. The van der Waals surface area contributed by atoms with Crippen LogP contribution in [0.1, 0.15) is 58.4 Å². The number of nitrogens with zero attached hydrogens (tertiary/aromatic N) is 5. The van der Waals surface area contributed by atoms with Crippen molar-refractivity contribution in [3.8, 4) is 0 Å². The van der Waals surface area contributed by atoms with Crippen LogP contribution in [0.2, 0.25) is 5.02 Å². The summed E-state index contributed by atoms with van der Waals surface area (Å²) in [6.07, 6.45) is 5.48. The van der Waals surface area contributed by atoms with Crippen LogP contribution in [-0.4, -0.2) is 39.0 Å². The number of ether oxygens (including phenoxy) is 1. The van der Waals surface area contributed by atoms with Gasteiger partial charge in [0.2, 0.25) is 0 Å². The first kappa shape index (κ1) is 21.9. The van der Waals surface area contributed by atoms with Gasteiger partial charge in [0.1, 0.15) is 10.7 Å². The first-order chi connectivity index (χ1) is 16.1. The number of aryl methyl sites for hydroxylation is 1. The lowest BCUT2D eigenvalue weighted by molar-refractivity contribution is -0.0424. The van der Waals surface area contributed by atoms with Crippen molar-refractivity contribution in [1.82, 2.24) is 19.6 Å². The average molecular weight is 468 g/mol. The Hall–Kier alpha value is -2.97. The molecule has 1 unspecified atom stereocenters. The fourth-order valence-corrected chi connectivity index (χ4v) is 4.93. The van der Waals surface area contributed by atoms with E-state index in [0.29, 0.717) is 44.0 Å². The average Bonchev–Trinajstić information content (AvgIpc) is 3.19. The van der Waals surface area contributed by atoms with E-state index in [1.54, 1.807) is 6.20 Å². The monoisotopic (exact) mass is 467 g/mol. The van der Waals surface area contributed by atoms with E-state index in [1.807, 2.05) is 21.7 Å². The Morgan fingerprint density at radius 1 is 1.27 bits per heavy atom. The number of hydrogen-bond acceptors (Lipinski definition) is 6. The van der Waals surface area contributed by atoms with Gasteiger partial charge in [-0.2, -0.15) is 14.9 Å². The molecule has 0 N–H and O–H groups in total. The van der Waals surface area contributed by atoms with Crippen LogP contribution in [0.4, 0.5) is 5.69 Å². The summed E-state index contributed by atoms with van der Waals surface area (Å²) in [7, 11) is 0. The molecule has 1 aromatic carbocycles. The molecule has 1 atom stereocenters. The summed E-state index contributed by atoms with van der Waals surface area (Å²) < 4.78 is 8.97. The third kappa shape index (κ3) is 4.09. The molecule has 33 heavy (non-hydrogen) atoms. The zero-order chi connectivity index (χ0) is 22.9. The molecule has 0 radical (unpaired) electrons. The van der Waals surface area contributed by atoms with Crippen molar-refractivity contribution in [2.24, 2.45) is 0 Å². The molecule has 9 heteroatoms. The van der Waals surface area contributed by atoms with Crippen molar-refractivity contribution in [1.29, 1.82) is 0 Å². The molecular formula is C24H26ClN5O3. The molecule has 0 spiro atoms. The van der Waals surface area contributed by atoms with E-state index in [-0.39, 0.29) is 16.8 Å². The van der Waals surface area contributed by atoms with Crippen LogP contribution < -0.4 is 10.5 Å². The van der Waals surface area contributed by atoms with Crippen LogP contribution in [0.25, 0.3) is 0 Å². The predicted molar refractivity (Wildman–Crippen MR) is 125 cm³/mol. The van der Waals surface area contributed by atoms with E-state index >= 15 is 0 Å². The van der Waals surface area contributed by atoms with Gasteiger partial charge >= 0.3 is 0 Å². The molecule has 2 aliphatic rings. The summed E-state index contributed by atoms with van der Waals surface area (Å²) in [6, 6.07) is 8.17. The van der Waals surface area contributed by atoms with Gasteiger partial charge in [-0.1, -0.05) is 35.9 Å². The van der Waals surface area contributed by atoms with Crippen LogP contribution in [-0.2, 0) is 24.2 Å². The number of carbonyl (C=O) groups excluding carboxylic acids is 1. The van der Waals surface area contributed by atoms with Crippen molar-refractivity contribution < 1.29 is 9.53 Å². The fraction of sp³-hybridized carbons (Fsp3) is 0.417. The number of fused-ring (bicyclic) bond motifs is 1. The number of aromatic nitrogens is 4. The van der Waals surface area contributed by atoms with E-state index in [0.717, 1.165) is 36.8 Å². The number of rotatable bonds is 5. The molecule has 0 amide bonds. The summed E-state index contributed by atoms with van der Waals surface area (Å²) in [6.45, 7) is 4.40. The van der Waals surface area contributed by atoms with Gasteiger partial charge in [-0.05, 0) is 37.3 Å². The summed E-state index contributed by atoms with van der Waals surface area (Å²) in [5, 5.41) is 9.08. The maximum absolute atomic E-state index is 12.9. The highest BCUT2D eigenvalue weighted by molar-refractivity contribution is 6.33. The highest BCUT2D eigenvalue weighted by atomic mass is 35.5. The number of halogens is 1. The van der Waals surface area contributed by atoms with Crippen LogP contribution in [0, 0.1) is 6.92 Å². The Bertz CT molecular complexity index is 1250. The molecule has 172 valence electrons. The minimum Gasteiger partial charge on any atom is -0.364 e. The first-order valence-electron chi connectivity index (χ1n) is 11.3. The van der Waals surface area contributed by atoms with Gasteiger partial charge in [0.15, 0.2) is 12.5 Å². The Morgan fingerprint density at radius 2 is 2.12 bits per heavy atom. The SMILES string of the molecule is Cc1ccccc1Cn1nc(C=O)c2c1CCN(c1cnn(C3CCCCO3)c(=O)c1Cl)C2. The molecule has 2 aliphatic heterocycles. The van der Waals surface area contributed by atoms with E-state index < -0.39 is 0 Å². The standard InChI is InChI=1S/C24H26ClN5O3/c1-16-6-2-3-7-17(16)13-29-20-9-10-28(14-18(20)19(15-31)27-29)21-12-26-30(24(32)23(21)25)22-8-4-5-11-33-22/h2-3,6-7,12,15,22H,4-5,8-11,13-14H2,1H3. The zero-order valence-electron chi connectivity index (χ0n) is 18.5. The van der Waals surface area contributed by atoms with Crippen molar-refractivity contribution in [2.45, 2.75) is 51.9 Å². The lowest BCUT2D eigenvalue weighted by atomic mass is 10.0. The Morgan fingerprint density at radius 3 is 2.88 bits per heavy atom. The molecule has 0 aliphatic carbocycles. The van der Waals surface area contributed by atoms with Crippen molar-refractivity contribution >= 4 is 23.6 Å². The van der Waals surface area contributed by atoms with Crippen molar-refractivity contribution in [3.63, 3.8) is 0 Å². The van der Waals surface area contributed by atoms with E-state index in [4.69, 9.17) is 16.3 Å². The van der Waals surface area contributed by atoms with Crippen LogP contribution in [0.15, 0.2) is 35.3 Å². The van der Waals surface area contributed by atoms with Crippen molar-refractivity contribution in [2.75, 3.05) is 18.1 Å². The highest BCUT2D eigenvalue weighted by Gasteiger charge is 2.28. The molecule has 1 fully saturated rings. The normalized spacial score (nSPS) is 18.2. The topological polar surface area (TPSA) is 82.2 Å². The Kier molecular flexibility index (Phi) is 6.03. The lowest BCUT2D eigenvalue weighted by Gasteiger charge is -2.30. The second-order valence-corrected chi connectivity index (χ2v) is 8.98. The molecule has 0 bridgehead atoms. The summed E-state index contributed by atoms with van der Waals surface area (Å²) >= 11 is 6.52. The third-order valence-corrected chi connectivity index (χ3v) is 6.91. The summed E-state index contributed by atoms with van der Waals surface area (Å²) in [4.78, 5) is 26.7. The minimum absolute atomic E-state index is 0.127. The van der Waals surface area contributed by atoms with Crippen molar-refractivity contribution in [3.05, 3.63) is 73.9 Å². The summed E-state index contributed by atoms with van der Waals surface area (Å²) in [5.74, 6) is 0. The minimum atomic E-state index is -0.368. The number of anilines is 1. The number of aldehydes is 1. The molecular weight excluding hydrogens is 442 g/mol. The maximum Gasteiger partial charge on any atom is 0.290 e. The zero-order valence-corrected chi connectivity index (χ0v) is 19.3. The summed E-state index contributed by atoms with van der Waals surface area (Å²) in [5.41, 5.74) is 4.93. The molecule has 2 aromatic heterocycles. The highest BCUT2D eigenvalue weighted by Crippen LogP contribution is 2.30. The number of carbonyl (C=O) groups is 1. The smallest absolute Gasteiger partial charge is 0.290 e. The van der Waals surface area contributed by atoms with E-state index in [9.17, 15) is 9.59 Å². The molecule has 3 aromatic rings.